The molecule has 2 aliphatic heterocycles. The number of amides is 3. The summed E-state index contributed by atoms with van der Waals surface area (Å²) in [7, 11) is -4.49. The molecule has 2 saturated heterocycles. The van der Waals surface area contributed by atoms with Gasteiger partial charge in [-0.3, -0.25) is 9.59 Å². The molecule has 12 heteroatoms. The lowest BCUT2D eigenvalue weighted by molar-refractivity contribution is -0.129. The lowest BCUT2D eigenvalue weighted by Crippen LogP contribution is -2.47. The summed E-state index contributed by atoms with van der Waals surface area (Å²) in [5.41, 5.74) is 4.66. The lowest BCUT2D eigenvalue weighted by atomic mass is 9.91. The Morgan fingerprint density at radius 3 is 2.69 bits per heavy atom. The van der Waals surface area contributed by atoms with Crippen LogP contribution in [0.3, 0.4) is 0 Å². The molecule has 26 heavy (non-hydrogen) atoms. The number of ether oxygens (including phenoxy) is 1. The molecule has 148 valence electrons. The summed E-state index contributed by atoms with van der Waals surface area (Å²) in [5, 5.41) is 0.723. The predicted molar refractivity (Wildman–Crippen MR) is 86.3 cm³/mol. The van der Waals surface area contributed by atoms with Gasteiger partial charge >= 0.3 is 16.4 Å². The fraction of sp³-hybridized carbons (Fsp3) is 0.786. The molecule has 0 aromatic carbocycles. The van der Waals surface area contributed by atoms with Gasteiger partial charge < -0.3 is 15.4 Å². The van der Waals surface area contributed by atoms with Crippen molar-refractivity contribution in [3.05, 3.63) is 0 Å². The number of hydrogen-bond donors (Lipinski definition) is 1. The van der Waals surface area contributed by atoms with Crippen LogP contribution < -0.4 is 5.73 Å². The second-order valence-corrected chi connectivity index (χ2v) is 8.24. The van der Waals surface area contributed by atoms with Gasteiger partial charge in [0, 0.05) is 6.54 Å². The van der Waals surface area contributed by atoms with Crippen LogP contribution >= 0.6 is 0 Å². The zero-order valence-electron chi connectivity index (χ0n) is 14.6. The number of rotatable bonds is 10. The minimum atomic E-state index is -4.49. The Balaban J connectivity index is 1.94. The summed E-state index contributed by atoms with van der Waals surface area (Å²) < 4.78 is 38.4. The van der Waals surface area contributed by atoms with Crippen LogP contribution in [-0.2, 0) is 33.2 Å². The molecule has 2 rings (SSSR count). The van der Waals surface area contributed by atoms with Gasteiger partial charge in [-0.15, -0.1) is 4.28 Å². The third-order valence-electron chi connectivity index (χ3n) is 4.38. The summed E-state index contributed by atoms with van der Waals surface area (Å²) in [6.45, 7) is 3.83. The normalized spacial score (nSPS) is 23.2. The number of fused-ring (bicyclic) bond motifs is 2. The van der Waals surface area contributed by atoms with Gasteiger partial charge in [0.15, 0.2) is 0 Å². The molecule has 2 N–H and O–H groups in total. The zero-order chi connectivity index (χ0) is 19.5. The third kappa shape index (κ3) is 4.83. The van der Waals surface area contributed by atoms with E-state index in [0.717, 1.165) is 5.06 Å². The number of nitrogens with two attached hydrogens (primary N) is 1. The number of piperidine rings is 1. The highest BCUT2D eigenvalue weighted by Crippen LogP contribution is 2.31. The van der Waals surface area contributed by atoms with Crippen LogP contribution in [0.2, 0.25) is 0 Å². The highest BCUT2D eigenvalue weighted by atomic mass is 32.3. The zero-order valence-corrected chi connectivity index (χ0v) is 15.4. The Morgan fingerprint density at radius 2 is 2.08 bits per heavy atom. The second-order valence-electron chi connectivity index (χ2n) is 7.04. The molecule has 2 bridgehead atoms. The van der Waals surface area contributed by atoms with Crippen molar-refractivity contribution in [2.45, 2.75) is 45.2 Å². The van der Waals surface area contributed by atoms with Crippen molar-refractivity contribution in [1.29, 1.82) is 0 Å². The quantitative estimate of drug-likeness (QED) is 0.387. The topological polar surface area (TPSA) is 146 Å². The number of primary amides is 1. The Labute approximate surface area is 151 Å². The van der Waals surface area contributed by atoms with Crippen molar-refractivity contribution < 1.29 is 36.0 Å². The van der Waals surface area contributed by atoms with Gasteiger partial charge in [-0.05, 0) is 24.7 Å². The van der Waals surface area contributed by atoms with Crippen molar-refractivity contribution in [1.82, 2.24) is 9.96 Å². The summed E-state index contributed by atoms with van der Waals surface area (Å²) in [6.07, 6.45) is 1.11. The molecule has 0 saturated carbocycles. The third-order valence-corrected chi connectivity index (χ3v) is 5.13. The number of urea groups is 1. The summed E-state index contributed by atoms with van der Waals surface area (Å²) in [6, 6.07) is -2.00. The molecular weight excluding hydrogens is 370 g/mol. The van der Waals surface area contributed by atoms with E-state index < -0.39 is 39.8 Å². The maximum atomic E-state index is 12.3. The summed E-state index contributed by atoms with van der Waals surface area (Å²) >= 11 is 0. The van der Waals surface area contributed by atoms with Gasteiger partial charge in [0.05, 0.1) is 19.3 Å². The first-order chi connectivity index (χ1) is 12.1. The first-order valence-corrected chi connectivity index (χ1v) is 9.43. The van der Waals surface area contributed by atoms with E-state index in [4.69, 9.17) is 14.2 Å². The van der Waals surface area contributed by atoms with E-state index >= 15 is 0 Å². The molecule has 11 nitrogen and oxygen atoms in total. The van der Waals surface area contributed by atoms with Crippen LogP contribution in [0.25, 0.3) is 0 Å². The van der Waals surface area contributed by atoms with Crippen molar-refractivity contribution in [3.63, 3.8) is 0 Å². The Morgan fingerprint density at radius 1 is 1.38 bits per heavy atom. The fourth-order valence-corrected chi connectivity index (χ4v) is 3.72. The fourth-order valence-electron chi connectivity index (χ4n) is 2.83. The van der Waals surface area contributed by atoms with Gasteiger partial charge in [0.25, 0.3) is 6.47 Å². The molecule has 0 aliphatic carbocycles. The molecule has 0 aromatic rings. The number of carbonyl (C=O) groups excluding carboxylic acids is 3. The Hall–Kier alpha value is -1.92. The smallest absolute Gasteiger partial charge is 0.421 e. The lowest BCUT2D eigenvalue weighted by Gasteiger charge is -2.27. The first kappa shape index (κ1) is 20.4. The average Bonchev–Trinajstić information content (AvgIpc) is 2.78. The molecule has 0 radical (unpaired) electrons. The summed E-state index contributed by atoms with van der Waals surface area (Å²) in [4.78, 5) is 35.0. The number of hydroxylamine groups is 2. The molecule has 2 atom stereocenters. The van der Waals surface area contributed by atoms with Crippen LogP contribution in [0.1, 0.15) is 33.1 Å². The van der Waals surface area contributed by atoms with E-state index in [2.05, 4.69) is 4.74 Å². The monoisotopic (exact) mass is 393 g/mol. The van der Waals surface area contributed by atoms with Crippen molar-refractivity contribution in [3.8, 4) is 0 Å². The van der Waals surface area contributed by atoms with Gasteiger partial charge in [0.2, 0.25) is 5.91 Å². The van der Waals surface area contributed by atoms with Crippen LogP contribution in [-0.4, -0.2) is 68.6 Å². The molecule has 0 unspecified atom stereocenters. The minimum Gasteiger partial charge on any atom is -0.468 e. The van der Waals surface area contributed by atoms with Crippen LogP contribution in [0, 0.1) is 5.41 Å². The van der Waals surface area contributed by atoms with E-state index in [-0.39, 0.29) is 19.8 Å². The highest BCUT2D eigenvalue weighted by Gasteiger charge is 2.49. The van der Waals surface area contributed by atoms with Gasteiger partial charge in [-0.25, -0.2) is 8.98 Å². The van der Waals surface area contributed by atoms with E-state index in [0.29, 0.717) is 25.7 Å². The molecule has 0 spiro atoms. The van der Waals surface area contributed by atoms with Crippen LogP contribution in [0.4, 0.5) is 4.79 Å². The SMILES string of the molecule is CC(C)(CCOC=O)COS(=O)(=O)ON1C(=O)N2C[C@H]1CC[C@H]2C(N)=O. The van der Waals surface area contributed by atoms with E-state index in [1.54, 1.807) is 13.8 Å². The van der Waals surface area contributed by atoms with Crippen molar-refractivity contribution >= 4 is 28.8 Å². The predicted octanol–water partition coefficient (Wildman–Crippen LogP) is -0.477. The highest BCUT2D eigenvalue weighted by molar-refractivity contribution is 7.81. The second kappa shape index (κ2) is 7.76. The number of nitrogens with zero attached hydrogens (tertiary/aromatic N) is 2. The van der Waals surface area contributed by atoms with Gasteiger partial charge in [-0.2, -0.15) is 13.5 Å². The van der Waals surface area contributed by atoms with Crippen molar-refractivity contribution in [2.75, 3.05) is 19.8 Å². The Bertz CT molecular complexity index is 665. The molecule has 2 heterocycles. The maximum absolute atomic E-state index is 12.3. The van der Waals surface area contributed by atoms with Crippen molar-refractivity contribution in [2.24, 2.45) is 11.1 Å². The molecule has 2 aliphatic rings. The van der Waals surface area contributed by atoms with E-state index in [9.17, 15) is 22.8 Å². The molecule has 3 amide bonds. The molecular formula is C14H23N3O8S. The number of hydrogen-bond acceptors (Lipinski definition) is 8. The maximum Gasteiger partial charge on any atom is 0.421 e. The molecule has 2 fully saturated rings. The van der Waals surface area contributed by atoms with E-state index in [1.807, 2.05) is 0 Å². The van der Waals surface area contributed by atoms with Gasteiger partial charge in [-0.1, -0.05) is 13.8 Å². The van der Waals surface area contributed by atoms with Crippen LogP contribution in [0.5, 0.6) is 0 Å². The molecule has 0 aromatic heterocycles. The van der Waals surface area contributed by atoms with E-state index in [1.165, 1.54) is 4.90 Å². The largest absolute Gasteiger partial charge is 0.468 e. The van der Waals surface area contributed by atoms with Crippen LogP contribution in [0.15, 0.2) is 0 Å². The first-order valence-electron chi connectivity index (χ1n) is 8.10. The standard InChI is InChI=1S/C14H23N3O8S/c1-14(2,5-6-23-9-18)8-24-26(21,22)25-17-10-3-4-11(12(15)19)16(7-10)13(17)20/h9-11H,3-8H2,1-2H3,(H2,15,19)/t10-,11+/m1/s1. The average molecular weight is 393 g/mol. The number of carbonyl (C=O) groups is 3. The Kier molecular flexibility index (Phi) is 6.09. The minimum absolute atomic E-state index is 0.122. The summed E-state index contributed by atoms with van der Waals surface area (Å²) in [5.74, 6) is -0.642. The van der Waals surface area contributed by atoms with Gasteiger partial charge in [0.1, 0.15) is 6.04 Å².